The van der Waals surface area contributed by atoms with Crippen molar-refractivity contribution in [2.75, 3.05) is 19.3 Å². The van der Waals surface area contributed by atoms with Gasteiger partial charge in [-0.3, -0.25) is 4.31 Å². The summed E-state index contributed by atoms with van der Waals surface area (Å²) in [6.45, 7) is 3.56. The van der Waals surface area contributed by atoms with Gasteiger partial charge in [-0.2, -0.15) is 0 Å². The quantitative estimate of drug-likeness (QED) is 0.439. The Morgan fingerprint density at radius 2 is 2.43 bits per heavy atom. The molecule has 42 valence electrons. The summed E-state index contributed by atoms with van der Waals surface area (Å²) in [5.74, 6) is 2.23. The molecule has 2 heteroatoms. The average molecular weight is 117 g/mol. The molecular formula is C5H11NS. The number of nitrogens with zero attached hydrogens (tertiary/aromatic N) is 1. The zero-order valence-electron chi connectivity index (χ0n) is 4.85. The lowest BCUT2D eigenvalue weighted by Crippen LogP contribution is -2.06. The van der Waals surface area contributed by atoms with Crippen LogP contribution in [0.25, 0.3) is 0 Å². The third kappa shape index (κ3) is 1.35. The van der Waals surface area contributed by atoms with Gasteiger partial charge >= 0.3 is 0 Å². The fraction of sp³-hybridized carbons (Fsp3) is 1.00. The predicted molar refractivity (Wildman–Crippen MR) is 34.3 cm³/mol. The van der Waals surface area contributed by atoms with E-state index in [0.29, 0.717) is 0 Å². The van der Waals surface area contributed by atoms with Crippen molar-refractivity contribution in [1.82, 2.24) is 4.31 Å². The van der Waals surface area contributed by atoms with Crippen molar-refractivity contribution >= 4 is 11.9 Å². The molecule has 1 fully saturated rings. The molecule has 0 aromatic carbocycles. The Labute approximate surface area is 49.2 Å². The molecule has 0 spiro atoms. The molecule has 1 unspecified atom stereocenters. The van der Waals surface area contributed by atoms with E-state index < -0.39 is 0 Å². The largest absolute Gasteiger partial charge is 0.253 e. The van der Waals surface area contributed by atoms with Crippen molar-refractivity contribution in [3.8, 4) is 0 Å². The summed E-state index contributed by atoms with van der Waals surface area (Å²) in [5.41, 5.74) is 0. The lowest BCUT2D eigenvalue weighted by molar-refractivity contribution is 0.511. The van der Waals surface area contributed by atoms with Crippen LogP contribution in [0, 0.1) is 5.92 Å². The van der Waals surface area contributed by atoms with Crippen LogP contribution in [0.5, 0.6) is 0 Å². The van der Waals surface area contributed by atoms with Gasteiger partial charge in [-0.25, -0.2) is 0 Å². The Morgan fingerprint density at radius 3 is 2.57 bits per heavy atom. The van der Waals surface area contributed by atoms with Crippen LogP contribution in [0.2, 0.25) is 0 Å². The van der Waals surface area contributed by atoms with Gasteiger partial charge in [0.05, 0.1) is 0 Å². The van der Waals surface area contributed by atoms with Crippen molar-refractivity contribution < 1.29 is 0 Å². The van der Waals surface area contributed by atoms with Crippen LogP contribution in [0.4, 0.5) is 0 Å². The van der Waals surface area contributed by atoms with Gasteiger partial charge in [0.25, 0.3) is 0 Å². The minimum absolute atomic E-state index is 0.912. The highest BCUT2D eigenvalue weighted by Gasteiger charge is 2.14. The topological polar surface area (TPSA) is 3.24 Å². The van der Waals surface area contributed by atoms with Gasteiger partial charge in [0.2, 0.25) is 0 Å². The zero-order chi connectivity index (χ0) is 5.28. The van der Waals surface area contributed by atoms with Gasteiger partial charge in [-0.05, 0) is 13.0 Å². The average Bonchev–Trinajstić information content (AvgIpc) is 1.87. The second-order valence-electron chi connectivity index (χ2n) is 2.21. The van der Waals surface area contributed by atoms with Gasteiger partial charge in [0.1, 0.15) is 0 Å². The van der Waals surface area contributed by atoms with E-state index in [0.717, 1.165) is 5.92 Å². The fourth-order valence-electron chi connectivity index (χ4n) is 0.799. The molecule has 0 aromatic rings. The van der Waals surface area contributed by atoms with Crippen LogP contribution in [0.15, 0.2) is 0 Å². The number of hydrogen-bond donors (Lipinski definition) is 0. The SMILES string of the molecule is CC1CSN(C)C1. The van der Waals surface area contributed by atoms with E-state index in [1.54, 1.807) is 0 Å². The summed E-state index contributed by atoms with van der Waals surface area (Å²) in [7, 11) is 2.15. The molecule has 0 saturated carbocycles. The highest BCUT2D eigenvalue weighted by atomic mass is 32.2. The number of hydrogen-bond acceptors (Lipinski definition) is 2. The Balaban J connectivity index is 2.26. The van der Waals surface area contributed by atoms with E-state index in [-0.39, 0.29) is 0 Å². The van der Waals surface area contributed by atoms with Gasteiger partial charge in [0.15, 0.2) is 0 Å². The maximum absolute atomic E-state index is 2.30. The molecule has 1 rings (SSSR count). The lowest BCUT2D eigenvalue weighted by atomic mass is 10.2. The van der Waals surface area contributed by atoms with Gasteiger partial charge < -0.3 is 0 Å². The van der Waals surface area contributed by atoms with Crippen LogP contribution < -0.4 is 0 Å². The van der Waals surface area contributed by atoms with Gasteiger partial charge in [-0.15, -0.1) is 0 Å². The minimum atomic E-state index is 0.912. The summed E-state index contributed by atoms with van der Waals surface area (Å²) in [6, 6.07) is 0. The Hall–Kier alpha value is 0.310. The first-order chi connectivity index (χ1) is 3.29. The monoisotopic (exact) mass is 117 g/mol. The molecule has 1 saturated heterocycles. The summed E-state index contributed by atoms with van der Waals surface area (Å²) >= 11 is 1.94. The maximum atomic E-state index is 2.30. The number of rotatable bonds is 0. The van der Waals surface area contributed by atoms with E-state index in [1.165, 1.54) is 12.3 Å². The third-order valence-electron chi connectivity index (χ3n) is 1.15. The summed E-state index contributed by atoms with van der Waals surface area (Å²) in [6.07, 6.45) is 0. The smallest absolute Gasteiger partial charge is 0.0120 e. The highest BCUT2D eigenvalue weighted by molar-refractivity contribution is 7.97. The van der Waals surface area contributed by atoms with Crippen molar-refractivity contribution in [2.45, 2.75) is 6.92 Å². The molecule has 1 aliphatic rings. The van der Waals surface area contributed by atoms with Crippen LogP contribution in [-0.4, -0.2) is 23.7 Å². The van der Waals surface area contributed by atoms with Crippen LogP contribution >= 0.6 is 11.9 Å². The lowest BCUT2D eigenvalue weighted by Gasteiger charge is -2.01. The van der Waals surface area contributed by atoms with Gasteiger partial charge in [0, 0.05) is 12.3 Å². The highest BCUT2D eigenvalue weighted by Crippen LogP contribution is 2.21. The molecular weight excluding hydrogens is 106 g/mol. The molecule has 7 heavy (non-hydrogen) atoms. The first kappa shape index (κ1) is 5.45. The van der Waals surface area contributed by atoms with E-state index in [2.05, 4.69) is 18.3 Å². The first-order valence-corrected chi connectivity index (χ1v) is 3.57. The molecule has 1 aliphatic heterocycles. The van der Waals surface area contributed by atoms with Crippen molar-refractivity contribution in [3.05, 3.63) is 0 Å². The molecule has 1 heterocycles. The Morgan fingerprint density at radius 1 is 1.71 bits per heavy atom. The van der Waals surface area contributed by atoms with Crippen LogP contribution in [0.1, 0.15) is 6.92 Å². The Kier molecular flexibility index (Phi) is 1.60. The normalized spacial score (nSPS) is 34.3. The van der Waals surface area contributed by atoms with Crippen molar-refractivity contribution in [3.63, 3.8) is 0 Å². The molecule has 0 amide bonds. The second kappa shape index (κ2) is 2.05. The summed E-state index contributed by atoms with van der Waals surface area (Å²) in [5, 5.41) is 0. The standard InChI is InChI=1S/C5H11NS/c1-5-3-6(2)7-4-5/h5H,3-4H2,1-2H3. The minimum Gasteiger partial charge on any atom is -0.253 e. The molecule has 1 nitrogen and oxygen atoms in total. The van der Waals surface area contributed by atoms with Crippen molar-refractivity contribution in [1.29, 1.82) is 0 Å². The third-order valence-corrected chi connectivity index (χ3v) is 2.46. The van der Waals surface area contributed by atoms with Crippen molar-refractivity contribution in [2.24, 2.45) is 5.92 Å². The molecule has 0 N–H and O–H groups in total. The van der Waals surface area contributed by atoms with Crippen LogP contribution in [-0.2, 0) is 0 Å². The summed E-state index contributed by atoms with van der Waals surface area (Å²) < 4.78 is 2.30. The zero-order valence-corrected chi connectivity index (χ0v) is 5.66. The molecule has 1 atom stereocenters. The van der Waals surface area contributed by atoms with Crippen LogP contribution in [0.3, 0.4) is 0 Å². The fourth-order valence-corrected chi connectivity index (χ4v) is 1.77. The Bertz CT molecular complexity index is 57.1. The predicted octanol–water partition coefficient (Wildman–Crippen LogP) is 1.22. The van der Waals surface area contributed by atoms with E-state index >= 15 is 0 Å². The molecule has 0 aliphatic carbocycles. The molecule has 0 bridgehead atoms. The molecule has 0 radical (unpaired) electrons. The van der Waals surface area contributed by atoms with Gasteiger partial charge in [-0.1, -0.05) is 18.9 Å². The maximum Gasteiger partial charge on any atom is 0.0120 e. The molecule has 0 aromatic heterocycles. The summed E-state index contributed by atoms with van der Waals surface area (Å²) in [4.78, 5) is 0. The first-order valence-electron chi connectivity index (χ1n) is 2.63. The van der Waals surface area contributed by atoms with E-state index in [1.807, 2.05) is 11.9 Å². The van der Waals surface area contributed by atoms with E-state index in [4.69, 9.17) is 0 Å². The van der Waals surface area contributed by atoms with E-state index in [9.17, 15) is 0 Å². The second-order valence-corrected chi connectivity index (χ2v) is 3.43.